The third-order valence-electron chi connectivity index (χ3n) is 4.31. The first-order chi connectivity index (χ1) is 9.89. The van der Waals surface area contributed by atoms with Gasteiger partial charge in [0.1, 0.15) is 5.82 Å². The molecule has 1 N–H and O–H groups in total. The molecule has 6 heteroatoms. The van der Waals surface area contributed by atoms with E-state index in [0.29, 0.717) is 24.8 Å². The molecule has 2 unspecified atom stereocenters. The van der Waals surface area contributed by atoms with Crippen LogP contribution in [0.4, 0.5) is 4.39 Å². The zero-order chi connectivity index (χ0) is 15.2. The Balaban J connectivity index is 2.00. The second kappa shape index (κ2) is 4.94. The van der Waals surface area contributed by atoms with Crippen LogP contribution in [0.5, 0.6) is 0 Å². The van der Waals surface area contributed by atoms with Gasteiger partial charge in [-0.05, 0) is 42.5 Å². The minimum absolute atomic E-state index is 0.372. The number of fused-ring (bicyclic) bond motifs is 2. The van der Waals surface area contributed by atoms with Crippen LogP contribution in [-0.4, -0.2) is 30.0 Å². The van der Waals surface area contributed by atoms with Crippen LogP contribution in [0.2, 0.25) is 0 Å². The summed E-state index contributed by atoms with van der Waals surface area (Å²) < 4.78 is 38.1. The van der Waals surface area contributed by atoms with Gasteiger partial charge in [0.25, 0.3) is 0 Å². The number of carboxylic acid groups (broad SMARTS) is 1. The number of hydrogen-bond donors (Lipinski definition) is 1. The average molecular weight is 310 g/mol. The number of rotatable bonds is 2. The Labute approximate surface area is 122 Å². The largest absolute Gasteiger partial charge is 0.478 e. The monoisotopic (exact) mass is 310 g/mol. The summed E-state index contributed by atoms with van der Waals surface area (Å²) in [6, 6.07) is 3.96. The number of benzene rings is 1. The molecule has 0 amide bonds. The van der Waals surface area contributed by atoms with Crippen LogP contribution in [0.3, 0.4) is 0 Å². The normalized spacial score (nSPS) is 27.0. The van der Waals surface area contributed by atoms with Gasteiger partial charge in [0, 0.05) is 0 Å². The number of hydrogen-bond acceptors (Lipinski definition) is 3. The Bertz CT molecular complexity index is 736. The summed E-state index contributed by atoms with van der Waals surface area (Å²) in [5.74, 6) is -2.10. The fourth-order valence-corrected chi connectivity index (χ4v) is 5.41. The summed E-state index contributed by atoms with van der Waals surface area (Å²) >= 11 is 0. The Kier molecular flexibility index (Phi) is 3.36. The first-order valence-electron chi connectivity index (χ1n) is 6.86. The number of carboxylic acids is 1. The maximum atomic E-state index is 13.8. The van der Waals surface area contributed by atoms with E-state index in [9.17, 15) is 17.6 Å². The molecule has 4 nitrogen and oxygen atoms in total. The second-order valence-electron chi connectivity index (χ2n) is 5.58. The summed E-state index contributed by atoms with van der Waals surface area (Å²) in [7, 11) is -3.10. The van der Waals surface area contributed by atoms with Crippen molar-refractivity contribution in [1.29, 1.82) is 0 Å². The molecule has 0 aromatic heterocycles. The molecule has 2 aliphatic heterocycles. The van der Waals surface area contributed by atoms with Gasteiger partial charge in [-0.3, -0.25) is 0 Å². The van der Waals surface area contributed by atoms with E-state index in [1.165, 1.54) is 12.1 Å². The molecule has 0 spiro atoms. The van der Waals surface area contributed by atoms with Gasteiger partial charge in [0.2, 0.25) is 0 Å². The number of sulfone groups is 1. The molecule has 0 saturated carbocycles. The van der Waals surface area contributed by atoms with E-state index < -0.39 is 32.1 Å². The standard InChI is InChI=1S/C15H15FO4S/c16-14-8-9(4-5-13(14)15(17)18)10-6-11-2-1-3-12(7-10)21(11,19)20/h4-6,8,11-12H,1-3,7H2,(H,17,18). The summed E-state index contributed by atoms with van der Waals surface area (Å²) in [5, 5.41) is 7.96. The van der Waals surface area contributed by atoms with Gasteiger partial charge in [0.05, 0.1) is 16.1 Å². The van der Waals surface area contributed by atoms with E-state index in [4.69, 9.17) is 5.11 Å². The van der Waals surface area contributed by atoms with E-state index in [1.54, 1.807) is 12.1 Å². The van der Waals surface area contributed by atoms with Crippen LogP contribution in [0.25, 0.3) is 5.57 Å². The first-order valence-corrected chi connectivity index (χ1v) is 8.47. The van der Waals surface area contributed by atoms with E-state index in [-0.39, 0.29) is 5.56 Å². The number of halogens is 1. The molecule has 0 radical (unpaired) electrons. The fraction of sp³-hybridized carbons (Fsp3) is 0.400. The van der Waals surface area contributed by atoms with Crippen molar-refractivity contribution in [3.63, 3.8) is 0 Å². The second-order valence-corrected chi connectivity index (χ2v) is 8.03. The molecule has 2 aliphatic rings. The quantitative estimate of drug-likeness (QED) is 0.911. The topological polar surface area (TPSA) is 71.4 Å². The first kappa shape index (κ1) is 14.3. The van der Waals surface area contributed by atoms with Gasteiger partial charge in [-0.2, -0.15) is 0 Å². The predicted molar refractivity (Wildman–Crippen MR) is 76.3 cm³/mol. The van der Waals surface area contributed by atoms with E-state index in [0.717, 1.165) is 12.0 Å². The van der Waals surface area contributed by atoms with E-state index in [2.05, 4.69) is 0 Å². The maximum absolute atomic E-state index is 13.8. The SMILES string of the molecule is O=C(O)c1ccc(C2=CC3CCCC(C2)S3(=O)=O)cc1F. The molecule has 1 saturated heterocycles. The fourth-order valence-electron chi connectivity index (χ4n) is 3.16. The molecule has 0 aliphatic carbocycles. The summed E-state index contributed by atoms with van der Waals surface area (Å²) in [6.45, 7) is 0. The Morgan fingerprint density at radius 2 is 2.05 bits per heavy atom. The van der Waals surface area contributed by atoms with Crippen LogP contribution in [0.15, 0.2) is 24.3 Å². The van der Waals surface area contributed by atoms with Gasteiger partial charge in [-0.25, -0.2) is 17.6 Å². The van der Waals surface area contributed by atoms with Crippen molar-refractivity contribution in [2.24, 2.45) is 0 Å². The van der Waals surface area contributed by atoms with Crippen molar-refractivity contribution in [3.05, 3.63) is 41.2 Å². The molecule has 2 bridgehead atoms. The Morgan fingerprint density at radius 3 is 2.67 bits per heavy atom. The summed E-state index contributed by atoms with van der Waals surface area (Å²) in [6.07, 6.45) is 4.24. The lowest BCUT2D eigenvalue weighted by Gasteiger charge is -2.33. The molecule has 2 heterocycles. The lowest BCUT2D eigenvalue weighted by atomic mass is 9.93. The molecule has 2 atom stereocenters. The van der Waals surface area contributed by atoms with Crippen LogP contribution in [-0.2, 0) is 9.84 Å². The number of aromatic carboxylic acids is 1. The van der Waals surface area contributed by atoms with Crippen molar-refractivity contribution < 1.29 is 22.7 Å². The highest BCUT2D eigenvalue weighted by atomic mass is 32.2. The molecule has 1 fully saturated rings. The van der Waals surface area contributed by atoms with Crippen molar-refractivity contribution in [3.8, 4) is 0 Å². The molecule has 21 heavy (non-hydrogen) atoms. The molecule has 112 valence electrons. The third-order valence-corrected chi connectivity index (χ3v) is 6.85. The molecular weight excluding hydrogens is 295 g/mol. The van der Waals surface area contributed by atoms with Crippen molar-refractivity contribution in [2.45, 2.75) is 36.2 Å². The summed E-state index contributed by atoms with van der Waals surface area (Å²) in [5.41, 5.74) is 1.00. The average Bonchev–Trinajstić information content (AvgIpc) is 2.36. The highest BCUT2D eigenvalue weighted by molar-refractivity contribution is 7.93. The number of allylic oxidation sites excluding steroid dienone is 1. The Hall–Kier alpha value is -1.69. The molecule has 1 aromatic rings. The zero-order valence-electron chi connectivity index (χ0n) is 11.3. The highest BCUT2D eigenvalue weighted by Crippen LogP contribution is 2.39. The van der Waals surface area contributed by atoms with Crippen LogP contribution < -0.4 is 0 Å². The molecule has 1 aromatic carbocycles. The van der Waals surface area contributed by atoms with Gasteiger partial charge >= 0.3 is 5.97 Å². The minimum Gasteiger partial charge on any atom is -0.478 e. The van der Waals surface area contributed by atoms with Crippen LogP contribution in [0, 0.1) is 5.82 Å². The van der Waals surface area contributed by atoms with Gasteiger partial charge in [0.15, 0.2) is 9.84 Å². The molecular formula is C15H15FO4S. The van der Waals surface area contributed by atoms with Gasteiger partial charge in [-0.15, -0.1) is 0 Å². The van der Waals surface area contributed by atoms with Crippen molar-refractivity contribution in [2.75, 3.05) is 0 Å². The molecule has 3 rings (SSSR count). The maximum Gasteiger partial charge on any atom is 0.338 e. The smallest absolute Gasteiger partial charge is 0.338 e. The van der Waals surface area contributed by atoms with Crippen molar-refractivity contribution >= 4 is 21.4 Å². The number of carbonyl (C=O) groups is 1. The minimum atomic E-state index is -3.10. The summed E-state index contributed by atoms with van der Waals surface area (Å²) in [4.78, 5) is 10.8. The van der Waals surface area contributed by atoms with Gasteiger partial charge in [-0.1, -0.05) is 18.6 Å². The lowest BCUT2D eigenvalue weighted by Crippen LogP contribution is -2.38. The van der Waals surface area contributed by atoms with E-state index in [1.807, 2.05) is 0 Å². The van der Waals surface area contributed by atoms with E-state index >= 15 is 0 Å². The lowest BCUT2D eigenvalue weighted by molar-refractivity contribution is 0.0692. The third kappa shape index (κ3) is 2.37. The Morgan fingerprint density at radius 1 is 1.29 bits per heavy atom. The van der Waals surface area contributed by atoms with Crippen LogP contribution >= 0.6 is 0 Å². The van der Waals surface area contributed by atoms with Gasteiger partial charge < -0.3 is 5.11 Å². The van der Waals surface area contributed by atoms with Crippen molar-refractivity contribution in [1.82, 2.24) is 0 Å². The highest BCUT2D eigenvalue weighted by Gasteiger charge is 2.40. The zero-order valence-corrected chi connectivity index (χ0v) is 12.1. The predicted octanol–water partition coefficient (Wildman–Crippen LogP) is 2.65. The van der Waals surface area contributed by atoms with Crippen LogP contribution in [0.1, 0.15) is 41.6 Å².